The monoisotopic (exact) mass is 286 g/mol. The second-order valence-corrected chi connectivity index (χ2v) is 5.89. The third-order valence-corrected chi connectivity index (χ3v) is 4.31. The van der Waals surface area contributed by atoms with Gasteiger partial charge in [-0.15, -0.1) is 0 Å². The van der Waals surface area contributed by atoms with E-state index < -0.39 is 0 Å². The molecule has 0 aromatic carbocycles. The molecule has 5 heteroatoms. The van der Waals surface area contributed by atoms with Crippen molar-refractivity contribution >= 4 is 0 Å². The van der Waals surface area contributed by atoms with Crippen LogP contribution in [0.5, 0.6) is 0 Å². The fourth-order valence-electron chi connectivity index (χ4n) is 3.01. The van der Waals surface area contributed by atoms with Crippen molar-refractivity contribution in [1.29, 1.82) is 0 Å². The number of hydrogen-bond acceptors (Lipinski definition) is 5. The number of methoxy groups -OCH3 is 1. The van der Waals surface area contributed by atoms with Crippen molar-refractivity contribution in [3.8, 4) is 0 Å². The fourth-order valence-corrected chi connectivity index (χ4v) is 3.01. The van der Waals surface area contributed by atoms with Gasteiger partial charge in [0.2, 0.25) is 0 Å². The third-order valence-electron chi connectivity index (χ3n) is 4.31. The van der Waals surface area contributed by atoms with Crippen LogP contribution in [0.25, 0.3) is 0 Å². The van der Waals surface area contributed by atoms with Crippen LogP contribution in [0.15, 0.2) is 0 Å². The first kappa shape index (κ1) is 16.2. The van der Waals surface area contributed by atoms with Crippen LogP contribution >= 0.6 is 0 Å². The molecule has 0 saturated carbocycles. The zero-order valence-electron chi connectivity index (χ0n) is 13.1. The lowest BCUT2D eigenvalue weighted by Gasteiger charge is -2.37. The first-order valence-corrected chi connectivity index (χ1v) is 7.94. The van der Waals surface area contributed by atoms with E-state index in [1.54, 1.807) is 7.11 Å². The molecule has 20 heavy (non-hydrogen) atoms. The Kier molecular flexibility index (Phi) is 7.24. The van der Waals surface area contributed by atoms with Gasteiger partial charge in [0.15, 0.2) is 0 Å². The lowest BCUT2D eigenvalue weighted by molar-refractivity contribution is -0.0303. The Hall–Kier alpha value is -0.200. The normalized spacial score (nSPS) is 29.7. The van der Waals surface area contributed by atoms with Crippen molar-refractivity contribution in [2.75, 3.05) is 66.3 Å². The summed E-state index contributed by atoms with van der Waals surface area (Å²) in [6, 6.07) is 0.558. The average Bonchev–Trinajstić information content (AvgIpc) is 2.47. The molecule has 2 aliphatic heterocycles. The molecule has 0 aromatic rings. The molecule has 2 atom stereocenters. The molecule has 2 heterocycles. The number of rotatable bonds is 7. The van der Waals surface area contributed by atoms with E-state index in [-0.39, 0.29) is 0 Å². The third kappa shape index (κ3) is 5.30. The van der Waals surface area contributed by atoms with Crippen LogP contribution in [-0.2, 0) is 14.2 Å². The highest BCUT2D eigenvalue weighted by molar-refractivity contribution is 4.77. The largest absolute Gasteiger partial charge is 0.382 e. The zero-order chi connectivity index (χ0) is 14.2. The number of nitrogens with zero attached hydrogens (tertiary/aromatic N) is 2. The maximum absolute atomic E-state index is 5.87. The molecule has 0 N–H and O–H groups in total. The minimum absolute atomic E-state index is 0.390. The van der Waals surface area contributed by atoms with Crippen molar-refractivity contribution in [2.24, 2.45) is 0 Å². The molecular formula is C15H30N2O3. The summed E-state index contributed by atoms with van der Waals surface area (Å²) in [7, 11) is 1.72. The molecule has 0 unspecified atom stereocenters. The van der Waals surface area contributed by atoms with Gasteiger partial charge in [0.1, 0.15) is 0 Å². The highest BCUT2D eigenvalue weighted by Gasteiger charge is 2.23. The summed E-state index contributed by atoms with van der Waals surface area (Å²) < 4.78 is 16.4. The van der Waals surface area contributed by atoms with E-state index in [1.165, 1.54) is 19.4 Å². The summed E-state index contributed by atoms with van der Waals surface area (Å²) in [5, 5.41) is 0. The molecule has 0 aromatic heterocycles. The quantitative estimate of drug-likeness (QED) is 0.648. The number of piperidine rings is 1. The summed E-state index contributed by atoms with van der Waals surface area (Å²) in [4.78, 5) is 5.09. The summed E-state index contributed by atoms with van der Waals surface area (Å²) in [6.45, 7) is 11.1. The van der Waals surface area contributed by atoms with Gasteiger partial charge in [-0.2, -0.15) is 0 Å². The molecule has 0 aliphatic carbocycles. The molecule has 0 spiro atoms. The molecule has 0 bridgehead atoms. The number of ether oxygens (including phenoxy) is 3. The molecule has 2 aliphatic rings. The van der Waals surface area contributed by atoms with E-state index in [0.29, 0.717) is 18.8 Å². The predicted octanol–water partition coefficient (Wildman–Crippen LogP) is 0.835. The van der Waals surface area contributed by atoms with E-state index in [2.05, 4.69) is 16.7 Å². The first-order chi connectivity index (χ1) is 9.79. The molecule has 118 valence electrons. The minimum atomic E-state index is 0.390. The van der Waals surface area contributed by atoms with Crippen molar-refractivity contribution in [3.63, 3.8) is 0 Å². The number of morpholine rings is 1. The lowest BCUT2D eigenvalue weighted by Crippen LogP contribution is -2.49. The maximum Gasteiger partial charge on any atom is 0.0704 e. The lowest BCUT2D eigenvalue weighted by atomic mass is 10.1. The van der Waals surface area contributed by atoms with E-state index in [1.807, 2.05) is 0 Å². The van der Waals surface area contributed by atoms with Crippen LogP contribution in [0.4, 0.5) is 0 Å². The van der Waals surface area contributed by atoms with Crippen LogP contribution < -0.4 is 0 Å². The van der Waals surface area contributed by atoms with Crippen molar-refractivity contribution in [1.82, 2.24) is 9.80 Å². The second kappa shape index (κ2) is 8.95. The molecule has 2 fully saturated rings. The highest BCUT2D eigenvalue weighted by atomic mass is 16.5. The SMILES string of the molecule is COCCO[C@H]1CCCN(CCN2CCOC[C@@H]2C)C1. The molecule has 0 radical (unpaired) electrons. The Morgan fingerprint density at radius 1 is 1.20 bits per heavy atom. The number of likely N-dealkylation sites (tertiary alicyclic amines) is 1. The second-order valence-electron chi connectivity index (χ2n) is 5.89. The maximum atomic E-state index is 5.87. The molecule has 2 saturated heterocycles. The minimum Gasteiger partial charge on any atom is -0.382 e. The smallest absolute Gasteiger partial charge is 0.0704 e. The van der Waals surface area contributed by atoms with Crippen LogP contribution in [0.1, 0.15) is 19.8 Å². The van der Waals surface area contributed by atoms with Crippen molar-refractivity contribution in [2.45, 2.75) is 31.9 Å². The van der Waals surface area contributed by atoms with Gasteiger partial charge in [-0.05, 0) is 26.3 Å². The van der Waals surface area contributed by atoms with Crippen molar-refractivity contribution in [3.05, 3.63) is 0 Å². The van der Waals surface area contributed by atoms with E-state index in [4.69, 9.17) is 14.2 Å². The molecular weight excluding hydrogens is 256 g/mol. The van der Waals surface area contributed by atoms with Crippen LogP contribution in [0.2, 0.25) is 0 Å². The van der Waals surface area contributed by atoms with Crippen LogP contribution in [-0.4, -0.2) is 88.2 Å². The van der Waals surface area contributed by atoms with Gasteiger partial charge in [-0.25, -0.2) is 0 Å². The van der Waals surface area contributed by atoms with Gasteiger partial charge in [0.25, 0.3) is 0 Å². The average molecular weight is 286 g/mol. The predicted molar refractivity (Wildman–Crippen MR) is 79.1 cm³/mol. The van der Waals surface area contributed by atoms with Crippen molar-refractivity contribution < 1.29 is 14.2 Å². The molecule has 5 nitrogen and oxygen atoms in total. The van der Waals surface area contributed by atoms with E-state index in [0.717, 1.165) is 46.0 Å². The summed E-state index contributed by atoms with van der Waals surface area (Å²) in [6.07, 6.45) is 2.82. The Morgan fingerprint density at radius 2 is 2.10 bits per heavy atom. The van der Waals surface area contributed by atoms with Gasteiger partial charge in [-0.1, -0.05) is 0 Å². The van der Waals surface area contributed by atoms with Gasteiger partial charge < -0.3 is 14.2 Å². The number of hydrogen-bond donors (Lipinski definition) is 0. The topological polar surface area (TPSA) is 34.2 Å². The van der Waals surface area contributed by atoms with E-state index in [9.17, 15) is 0 Å². The van der Waals surface area contributed by atoms with Gasteiger partial charge >= 0.3 is 0 Å². The van der Waals surface area contributed by atoms with Gasteiger partial charge in [0.05, 0.1) is 32.5 Å². The van der Waals surface area contributed by atoms with Crippen LogP contribution in [0, 0.1) is 0 Å². The Labute approximate surface area is 123 Å². The van der Waals surface area contributed by atoms with Gasteiger partial charge in [0, 0.05) is 39.3 Å². The fraction of sp³-hybridized carbons (Fsp3) is 1.00. The zero-order valence-corrected chi connectivity index (χ0v) is 13.1. The highest BCUT2D eigenvalue weighted by Crippen LogP contribution is 2.14. The molecule has 0 amide bonds. The summed E-state index contributed by atoms with van der Waals surface area (Å²) >= 11 is 0. The van der Waals surface area contributed by atoms with Gasteiger partial charge in [-0.3, -0.25) is 9.80 Å². The Morgan fingerprint density at radius 3 is 2.90 bits per heavy atom. The van der Waals surface area contributed by atoms with Crippen LogP contribution in [0.3, 0.4) is 0 Å². The Bertz CT molecular complexity index is 266. The standard InChI is InChI=1S/C15H30N2O3/c1-14-13-19-9-8-17(14)7-6-16-5-3-4-15(12-16)20-11-10-18-2/h14-15H,3-13H2,1-2H3/t14-,15-/m0/s1. The Balaban J connectivity index is 1.64. The first-order valence-electron chi connectivity index (χ1n) is 7.94. The summed E-state index contributed by atoms with van der Waals surface area (Å²) in [5.41, 5.74) is 0. The molecule has 2 rings (SSSR count). The van der Waals surface area contributed by atoms with E-state index >= 15 is 0 Å². The summed E-state index contributed by atoms with van der Waals surface area (Å²) in [5.74, 6) is 0.